The van der Waals surface area contributed by atoms with E-state index in [4.69, 9.17) is 0 Å². The van der Waals surface area contributed by atoms with Crippen molar-refractivity contribution in [1.82, 2.24) is 0 Å². The average molecular weight is 829 g/mol. The molecule has 0 N–H and O–H groups in total. The molecule has 12 rings (SSSR count). The van der Waals surface area contributed by atoms with Crippen LogP contribution in [0, 0.1) is 41.5 Å². The van der Waals surface area contributed by atoms with Gasteiger partial charge in [-0.2, -0.15) is 0 Å². The van der Waals surface area contributed by atoms with Gasteiger partial charge in [0, 0.05) is 0 Å². The molecule has 6 aliphatic rings. The van der Waals surface area contributed by atoms with Crippen molar-refractivity contribution in [3.05, 3.63) is 128 Å². The molecule has 6 heterocycles. The molecule has 45 heavy (non-hydrogen) atoms. The van der Waals surface area contributed by atoms with Crippen molar-refractivity contribution < 1.29 is 3.83 Å². The third kappa shape index (κ3) is 3.05. The summed E-state index contributed by atoms with van der Waals surface area (Å²) in [6.45, 7) is 18.5. The molecule has 228 valence electrons. The first-order chi connectivity index (χ1) is 21.4. The van der Waals surface area contributed by atoms with Crippen molar-refractivity contribution in [2.75, 3.05) is 0 Å². The summed E-state index contributed by atoms with van der Waals surface area (Å²) in [4.78, 5) is 16.8. The minimum atomic E-state index is -2.62. The van der Waals surface area contributed by atoms with Gasteiger partial charge in [0.05, 0.1) is 0 Å². The van der Waals surface area contributed by atoms with Crippen LogP contribution in [0.3, 0.4) is 0 Å². The van der Waals surface area contributed by atoms with Crippen molar-refractivity contribution in [1.29, 1.82) is 0 Å². The Bertz CT molecular complexity index is 2110. The van der Waals surface area contributed by atoms with Crippen molar-refractivity contribution in [3.63, 3.8) is 0 Å². The SMILES string of the molecule is Cc1cc2c(s1)C1([Se][Se](=O)C34c5sc(C)cc5C(C)(c5cc(C)sc53)c3cc(C)sc34)c3sc(C)cc3C2(C)c2cc(C)sc21. The van der Waals surface area contributed by atoms with Crippen LogP contribution in [0.4, 0.5) is 0 Å². The zero-order chi connectivity index (χ0) is 31.2. The van der Waals surface area contributed by atoms with Gasteiger partial charge < -0.3 is 0 Å². The number of aryl methyl sites for hydroxylation is 6. The van der Waals surface area contributed by atoms with Crippen LogP contribution >= 0.6 is 68.0 Å². The van der Waals surface area contributed by atoms with Crippen molar-refractivity contribution >= 4 is 93.2 Å². The number of rotatable bonds is 3. The fourth-order valence-electron chi connectivity index (χ4n) is 8.89. The molecule has 0 fully saturated rings. The van der Waals surface area contributed by atoms with E-state index in [1.54, 1.807) is 0 Å². The standard InChI is InChI=1S/C36H30OS6Se2/c1-15-9-21-27(38-15)35(28-22(10-16(2)39-28)33(21,7)23-11-17(3)40-29(23)35)44-45(37)36-30-24(12-18(4)41-30)34(8,25-13-19(5)42-31(25)36)26-14-20(6)43-32(26)36/h9-14H,1-8H3. The van der Waals surface area contributed by atoms with Gasteiger partial charge >= 0.3 is 300 Å². The van der Waals surface area contributed by atoms with E-state index in [1.807, 2.05) is 68.0 Å². The van der Waals surface area contributed by atoms with Crippen LogP contribution < -0.4 is 0 Å². The first kappa shape index (κ1) is 29.0. The van der Waals surface area contributed by atoms with Gasteiger partial charge in [-0.05, 0) is 0 Å². The summed E-state index contributed by atoms with van der Waals surface area (Å²) in [6.07, 6.45) is 0. The third-order valence-electron chi connectivity index (χ3n) is 10.7. The Kier molecular flexibility index (Phi) is 5.66. The molecule has 0 saturated carbocycles. The quantitative estimate of drug-likeness (QED) is 0.163. The first-order valence-electron chi connectivity index (χ1n) is 15.2. The molecule has 0 saturated heterocycles. The van der Waals surface area contributed by atoms with Crippen molar-refractivity contribution in [3.8, 4) is 0 Å². The molecule has 0 radical (unpaired) electrons. The fourth-order valence-corrected chi connectivity index (χ4v) is 36.6. The third-order valence-corrected chi connectivity index (χ3v) is 31.1. The van der Waals surface area contributed by atoms with E-state index >= 15 is 3.83 Å². The summed E-state index contributed by atoms with van der Waals surface area (Å²) in [6, 6.07) is 14.8. The minimum absolute atomic E-state index is 0.139. The molecule has 0 amide bonds. The molecule has 9 heteroatoms. The van der Waals surface area contributed by atoms with Crippen LogP contribution in [0.25, 0.3) is 0 Å². The second kappa shape index (κ2) is 8.79. The van der Waals surface area contributed by atoms with Crippen molar-refractivity contribution in [2.24, 2.45) is 0 Å². The zero-order valence-corrected chi connectivity index (χ0v) is 34.5. The summed E-state index contributed by atoms with van der Waals surface area (Å²) >= 11 is 8.95. The molecule has 1 atom stereocenters. The van der Waals surface area contributed by atoms with Gasteiger partial charge in [0.15, 0.2) is 0 Å². The van der Waals surface area contributed by atoms with Gasteiger partial charge in [-0.25, -0.2) is 0 Å². The van der Waals surface area contributed by atoms with E-state index in [2.05, 4.69) is 91.8 Å². The molecule has 0 spiro atoms. The molecule has 0 aromatic carbocycles. The summed E-state index contributed by atoms with van der Waals surface area (Å²) in [5.74, 6) is 0. The summed E-state index contributed by atoms with van der Waals surface area (Å²) in [7, 11) is 0. The van der Waals surface area contributed by atoms with Crippen LogP contribution in [-0.2, 0) is 23.3 Å². The Labute approximate surface area is 297 Å². The van der Waals surface area contributed by atoms with Gasteiger partial charge in [-0.1, -0.05) is 0 Å². The maximum absolute atomic E-state index is 16.4. The first-order valence-corrected chi connectivity index (χ1v) is 26.8. The average Bonchev–Trinajstić information content (AvgIpc) is 3.79. The fraction of sp³-hybridized carbons (Fsp3) is 0.333. The van der Waals surface area contributed by atoms with Crippen LogP contribution in [0.5, 0.6) is 0 Å². The van der Waals surface area contributed by atoms with Gasteiger partial charge in [0.2, 0.25) is 0 Å². The van der Waals surface area contributed by atoms with E-state index in [-0.39, 0.29) is 28.3 Å². The summed E-state index contributed by atoms with van der Waals surface area (Å²) < 4.78 is 15.6. The topological polar surface area (TPSA) is 17.1 Å². The number of thiophene rings is 6. The Morgan fingerprint density at radius 3 is 1.00 bits per heavy atom. The summed E-state index contributed by atoms with van der Waals surface area (Å²) in [5.41, 5.74) is 8.39. The molecule has 1 nitrogen and oxygen atoms in total. The van der Waals surface area contributed by atoms with E-state index < -0.39 is 16.3 Å². The molecule has 4 bridgehead atoms. The zero-order valence-electron chi connectivity index (χ0n) is 26.1. The van der Waals surface area contributed by atoms with Crippen molar-refractivity contribution in [2.45, 2.75) is 74.8 Å². The number of hydrogen-bond acceptors (Lipinski definition) is 7. The number of hydrogen-bond donors (Lipinski definition) is 0. The van der Waals surface area contributed by atoms with E-state index in [0.717, 1.165) is 0 Å². The molecule has 6 aromatic heterocycles. The Morgan fingerprint density at radius 2 is 0.711 bits per heavy atom. The van der Waals surface area contributed by atoms with Crippen LogP contribution in [-0.4, -0.2) is 25.1 Å². The monoisotopic (exact) mass is 830 g/mol. The predicted octanol–water partition coefficient (Wildman–Crippen LogP) is 10.4. The van der Waals surface area contributed by atoms with Gasteiger partial charge in [-0.3, -0.25) is 0 Å². The molecule has 1 unspecified atom stereocenters. The van der Waals surface area contributed by atoms with Gasteiger partial charge in [0.1, 0.15) is 0 Å². The molecule has 0 aliphatic heterocycles. The predicted molar refractivity (Wildman–Crippen MR) is 197 cm³/mol. The Morgan fingerprint density at radius 1 is 0.467 bits per heavy atom. The Hall–Kier alpha value is -0.961. The Balaban J connectivity index is 1.31. The normalized spacial score (nSPS) is 28.4. The summed E-state index contributed by atoms with van der Waals surface area (Å²) in [5, 5.41) is 0. The maximum atomic E-state index is 16.4. The van der Waals surface area contributed by atoms with E-state index in [1.165, 1.54) is 91.9 Å². The second-order valence-corrected chi connectivity index (χ2v) is 30.1. The molecular weight excluding hydrogens is 799 g/mol. The van der Waals surface area contributed by atoms with Gasteiger partial charge in [-0.15, -0.1) is 0 Å². The van der Waals surface area contributed by atoms with Crippen LogP contribution in [0.15, 0.2) is 36.4 Å². The van der Waals surface area contributed by atoms with Gasteiger partial charge in [0.25, 0.3) is 0 Å². The van der Waals surface area contributed by atoms with E-state index in [0.29, 0.717) is 0 Å². The van der Waals surface area contributed by atoms with Crippen LogP contribution in [0.1, 0.15) is 106 Å². The van der Waals surface area contributed by atoms with E-state index in [9.17, 15) is 0 Å². The van der Waals surface area contributed by atoms with Crippen LogP contribution in [0.2, 0.25) is 0 Å². The molecule has 6 aliphatic carbocycles. The molecule has 6 aromatic rings. The second-order valence-electron chi connectivity index (χ2n) is 13.5. The molecular formula is C36H30OS6Se2.